The van der Waals surface area contributed by atoms with E-state index in [9.17, 15) is 31.5 Å². The van der Waals surface area contributed by atoms with Gasteiger partial charge in [-0.15, -0.1) is 0 Å². The van der Waals surface area contributed by atoms with E-state index in [0.717, 1.165) is 30.6 Å². The number of oxazole rings is 1. The van der Waals surface area contributed by atoms with Gasteiger partial charge >= 0.3 is 12.2 Å². The van der Waals surface area contributed by atoms with Gasteiger partial charge in [-0.3, -0.25) is 4.79 Å². The molecule has 7 nitrogen and oxygen atoms in total. The second-order valence-electron chi connectivity index (χ2n) is 10.7. The molecule has 202 valence electrons. The summed E-state index contributed by atoms with van der Waals surface area (Å²) in [6, 6.07) is 1.65. The third kappa shape index (κ3) is 5.52. The zero-order valence-corrected chi connectivity index (χ0v) is 20.3. The smallest absolute Gasteiger partial charge is 0.410 e. The number of urea groups is 1. The van der Waals surface area contributed by atoms with Crippen molar-refractivity contribution in [3.05, 3.63) is 29.7 Å². The van der Waals surface area contributed by atoms with E-state index in [-0.39, 0.29) is 18.4 Å². The molecule has 2 aliphatic carbocycles. The van der Waals surface area contributed by atoms with Gasteiger partial charge in [0.2, 0.25) is 17.7 Å². The van der Waals surface area contributed by atoms with Crippen LogP contribution in [-0.4, -0.2) is 46.5 Å². The molecule has 12 heteroatoms. The van der Waals surface area contributed by atoms with E-state index in [4.69, 9.17) is 4.42 Å². The predicted molar refractivity (Wildman–Crippen MR) is 122 cm³/mol. The molecule has 1 aromatic carbocycles. The van der Waals surface area contributed by atoms with Crippen molar-refractivity contribution in [2.75, 3.05) is 6.54 Å². The van der Waals surface area contributed by atoms with Crippen LogP contribution in [-0.2, 0) is 11.3 Å². The van der Waals surface area contributed by atoms with E-state index in [0.29, 0.717) is 22.6 Å². The molecule has 2 saturated carbocycles. The van der Waals surface area contributed by atoms with Crippen LogP contribution in [0.3, 0.4) is 0 Å². The highest BCUT2D eigenvalue weighted by Gasteiger charge is 2.49. The Hall–Kier alpha value is -2.92. The number of benzene rings is 1. The molecule has 3 fully saturated rings. The number of halogens is 5. The monoisotopic (exact) mass is 528 g/mol. The molecular weight excluding hydrogens is 499 g/mol. The second kappa shape index (κ2) is 9.43. The molecule has 2 heterocycles. The van der Waals surface area contributed by atoms with Crippen molar-refractivity contribution in [2.45, 2.75) is 76.2 Å². The average molecular weight is 529 g/mol. The molecule has 3 amide bonds. The van der Waals surface area contributed by atoms with Crippen molar-refractivity contribution in [3.8, 4) is 0 Å². The first-order valence-electron chi connectivity index (χ1n) is 12.6. The average Bonchev–Trinajstić information content (AvgIpc) is 3.39. The Labute approximate surface area is 210 Å². The Bertz CT molecular complexity index is 1170. The van der Waals surface area contributed by atoms with Gasteiger partial charge < -0.3 is 20.0 Å². The topological polar surface area (TPSA) is 87.5 Å². The summed E-state index contributed by atoms with van der Waals surface area (Å²) in [5.74, 6) is -3.11. The number of carbonyl (C=O) groups excluding carboxylic acids is 2. The van der Waals surface area contributed by atoms with E-state index < -0.39 is 61.4 Å². The van der Waals surface area contributed by atoms with Crippen LogP contribution < -0.4 is 10.6 Å². The summed E-state index contributed by atoms with van der Waals surface area (Å²) in [6.07, 6.45) is -1.85. The summed E-state index contributed by atoms with van der Waals surface area (Å²) in [7, 11) is 0. The quantitative estimate of drug-likeness (QED) is 0.498. The number of hydrogen-bond donors (Lipinski definition) is 2. The van der Waals surface area contributed by atoms with Crippen LogP contribution in [0.5, 0.6) is 0 Å². The van der Waals surface area contributed by atoms with Crippen molar-refractivity contribution in [3.63, 3.8) is 0 Å². The van der Waals surface area contributed by atoms with E-state index >= 15 is 0 Å². The van der Waals surface area contributed by atoms with Crippen LogP contribution >= 0.6 is 0 Å². The van der Waals surface area contributed by atoms with E-state index in [2.05, 4.69) is 17.2 Å². The van der Waals surface area contributed by atoms with Crippen molar-refractivity contribution < 1.29 is 36.0 Å². The minimum Gasteiger partial charge on any atom is -0.438 e. The molecule has 1 saturated heterocycles. The highest BCUT2D eigenvalue weighted by Crippen LogP contribution is 2.44. The van der Waals surface area contributed by atoms with Gasteiger partial charge in [0.15, 0.2) is 5.58 Å². The standard InChI is InChI=1S/C25H29F5N4O3/c1-13-2-5-15(6-3-13)20(33-21(35)16-9-24(26,27)10-16)22-31-17-8-14(4-7-18(17)37-22)11-34-12-19(25(28,29)30)32-23(34)36/h4,7-8,13,15-16,19-20H,2-3,5-6,9-12H2,1H3,(H,32,36)(H,33,35). The van der Waals surface area contributed by atoms with E-state index in [1.54, 1.807) is 18.2 Å². The van der Waals surface area contributed by atoms with Crippen LogP contribution in [0.2, 0.25) is 0 Å². The van der Waals surface area contributed by atoms with Crippen LogP contribution in [0, 0.1) is 17.8 Å². The molecule has 5 rings (SSSR count). The molecule has 2 N–H and O–H groups in total. The van der Waals surface area contributed by atoms with Crippen LogP contribution in [0.25, 0.3) is 11.1 Å². The Balaban J connectivity index is 1.34. The second-order valence-corrected chi connectivity index (χ2v) is 10.7. The summed E-state index contributed by atoms with van der Waals surface area (Å²) < 4.78 is 71.6. The maximum Gasteiger partial charge on any atom is 0.410 e. The number of amides is 3. The minimum atomic E-state index is -4.53. The van der Waals surface area contributed by atoms with Gasteiger partial charge in [0, 0.05) is 25.3 Å². The maximum atomic E-state index is 13.3. The summed E-state index contributed by atoms with van der Waals surface area (Å²) >= 11 is 0. The summed E-state index contributed by atoms with van der Waals surface area (Å²) in [4.78, 5) is 30.4. The van der Waals surface area contributed by atoms with Gasteiger partial charge in [0.25, 0.3) is 0 Å². The fourth-order valence-electron chi connectivity index (χ4n) is 5.47. The lowest BCUT2D eigenvalue weighted by atomic mass is 9.77. The molecule has 0 spiro atoms. The fraction of sp³-hybridized carbons (Fsp3) is 0.640. The number of carbonyl (C=O) groups is 2. The summed E-state index contributed by atoms with van der Waals surface area (Å²) in [5.41, 5.74) is 1.45. The van der Waals surface area contributed by atoms with Crippen molar-refractivity contribution in [1.29, 1.82) is 0 Å². The number of aromatic nitrogens is 1. The lowest BCUT2D eigenvalue weighted by Crippen LogP contribution is -2.47. The predicted octanol–water partition coefficient (Wildman–Crippen LogP) is 5.31. The normalized spacial score (nSPS) is 27.1. The fourth-order valence-corrected chi connectivity index (χ4v) is 5.47. The zero-order chi connectivity index (χ0) is 26.5. The number of nitrogens with zero attached hydrogens (tertiary/aromatic N) is 2. The molecule has 0 radical (unpaired) electrons. The Morgan fingerprint density at radius 3 is 2.57 bits per heavy atom. The highest BCUT2D eigenvalue weighted by molar-refractivity contribution is 5.80. The summed E-state index contributed by atoms with van der Waals surface area (Å²) in [6.45, 7) is 1.64. The zero-order valence-electron chi connectivity index (χ0n) is 20.3. The first kappa shape index (κ1) is 25.7. The van der Waals surface area contributed by atoms with E-state index in [1.165, 1.54) is 0 Å². The van der Waals surface area contributed by atoms with Gasteiger partial charge in [0.1, 0.15) is 17.6 Å². The summed E-state index contributed by atoms with van der Waals surface area (Å²) in [5, 5.41) is 4.86. The number of fused-ring (bicyclic) bond motifs is 1. The highest BCUT2D eigenvalue weighted by atomic mass is 19.4. The first-order chi connectivity index (χ1) is 17.4. The minimum absolute atomic E-state index is 0.0346. The van der Waals surface area contributed by atoms with Gasteiger partial charge in [0.05, 0.1) is 6.54 Å². The van der Waals surface area contributed by atoms with Gasteiger partial charge in [-0.25, -0.2) is 18.6 Å². The maximum absolute atomic E-state index is 13.3. The molecule has 1 aromatic heterocycles. The Morgan fingerprint density at radius 2 is 1.95 bits per heavy atom. The largest absolute Gasteiger partial charge is 0.438 e. The lowest BCUT2D eigenvalue weighted by Gasteiger charge is -2.36. The number of nitrogens with one attached hydrogen (secondary N) is 2. The number of alkyl halides is 5. The van der Waals surface area contributed by atoms with Crippen molar-refractivity contribution >= 4 is 23.0 Å². The molecule has 2 unspecified atom stereocenters. The van der Waals surface area contributed by atoms with Gasteiger partial charge in [-0.2, -0.15) is 13.2 Å². The van der Waals surface area contributed by atoms with Gasteiger partial charge in [-0.1, -0.05) is 25.8 Å². The molecule has 2 aromatic rings. The van der Waals surface area contributed by atoms with Crippen LogP contribution in [0.15, 0.2) is 22.6 Å². The van der Waals surface area contributed by atoms with Gasteiger partial charge in [-0.05, 0) is 42.4 Å². The van der Waals surface area contributed by atoms with Crippen LogP contribution in [0.4, 0.5) is 26.7 Å². The SMILES string of the molecule is CC1CCC(C(NC(=O)C2CC(F)(F)C2)c2nc3cc(CN4CC(C(F)(F)F)NC4=O)ccc3o2)CC1. The molecule has 1 aliphatic heterocycles. The molecular formula is C25H29F5N4O3. The number of rotatable bonds is 6. The van der Waals surface area contributed by atoms with E-state index in [1.807, 2.05) is 5.32 Å². The van der Waals surface area contributed by atoms with Crippen LogP contribution in [0.1, 0.15) is 62.9 Å². The molecule has 0 bridgehead atoms. The van der Waals surface area contributed by atoms with Crippen molar-refractivity contribution in [2.24, 2.45) is 17.8 Å². The third-order valence-electron chi connectivity index (χ3n) is 7.78. The molecule has 37 heavy (non-hydrogen) atoms. The van der Waals surface area contributed by atoms with Crippen molar-refractivity contribution in [1.82, 2.24) is 20.5 Å². The Morgan fingerprint density at radius 1 is 1.24 bits per heavy atom. The lowest BCUT2D eigenvalue weighted by molar-refractivity contribution is -0.151. The molecule has 3 aliphatic rings. The number of hydrogen-bond acceptors (Lipinski definition) is 4. The molecule has 2 atom stereocenters. The third-order valence-corrected chi connectivity index (χ3v) is 7.78. The first-order valence-corrected chi connectivity index (χ1v) is 12.6. The Kier molecular flexibility index (Phi) is 6.56.